The molecule has 4 nitrogen and oxygen atoms in total. The standard InChI is InChI=1S/C26H33FN2O2S/c1-3-24(26(31)28-22-12-5-6-13-22)29(16-20-10-8-9-19(2)15-20)25(30)18-32-17-21-11-4-7-14-23(21)27/h4,7-11,14-15,22,24H,3,5-6,12-13,16-18H2,1-2H3,(H,28,31)/t24-/m0/s1. The highest BCUT2D eigenvalue weighted by Gasteiger charge is 2.30. The molecule has 1 atom stereocenters. The van der Waals surface area contributed by atoms with E-state index >= 15 is 0 Å². The molecule has 2 aromatic rings. The molecule has 3 rings (SSSR count). The van der Waals surface area contributed by atoms with E-state index in [4.69, 9.17) is 0 Å². The number of nitrogens with one attached hydrogen (secondary N) is 1. The summed E-state index contributed by atoms with van der Waals surface area (Å²) in [6.07, 6.45) is 4.84. The molecule has 6 heteroatoms. The maximum atomic E-state index is 13.9. The van der Waals surface area contributed by atoms with Crippen LogP contribution in [-0.2, 0) is 21.9 Å². The number of hydrogen-bond acceptors (Lipinski definition) is 3. The van der Waals surface area contributed by atoms with Gasteiger partial charge in [-0.1, -0.05) is 67.8 Å². The molecule has 1 saturated carbocycles. The van der Waals surface area contributed by atoms with E-state index in [1.165, 1.54) is 17.8 Å². The van der Waals surface area contributed by atoms with Crippen LogP contribution < -0.4 is 5.32 Å². The SMILES string of the molecule is CC[C@@H](C(=O)NC1CCCC1)N(Cc1cccc(C)c1)C(=O)CSCc1ccccc1F. The normalized spacial score (nSPS) is 14.8. The summed E-state index contributed by atoms with van der Waals surface area (Å²) in [7, 11) is 0. The number of rotatable bonds is 10. The minimum absolute atomic E-state index is 0.0699. The lowest BCUT2D eigenvalue weighted by Gasteiger charge is -2.31. The quantitative estimate of drug-likeness (QED) is 0.532. The number of hydrogen-bond donors (Lipinski definition) is 1. The molecule has 32 heavy (non-hydrogen) atoms. The summed E-state index contributed by atoms with van der Waals surface area (Å²) >= 11 is 1.38. The molecule has 0 bridgehead atoms. The van der Waals surface area contributed by atoms with E-state index in [9.17, 15) is 14.0 Å². The summed E-state index contributed by atoms with van der Waals surface area (Å²) in [5, 5.41) is 3.16. The topological polar surface area (TPSA) is 49.4 Å². The molecule has 2 amide bonds. The van der Waals surface area contributed by atoms with Gasteiger partial charge < -0.3 is 10.2 Å². The molecule has 0 unspecified atom stereocenters. The number of nitrogens with zero attached hydrogens (tertiary/aromatic N) is 1. The first-order valence-corrected chi connectivity index (χ1v) is 12.6. The fourth-order valence-electron chi connectivity index (χ4n) is 4.24. The van der Waals surface area contributed by atoms with Gasteiger partial charge in [0, 0.05) is 18.3 Å². The van der Waals surface area contributed by atoms with Gasteiger partial charge in [-0.3, -0.25) is 9.59 Å². The number of thioether (sulfide) groups is 1. The number of benzene rings is 2. The first-order chi connectivity index (χ1) is 15.5. The zero-order chi connectivity index (χ0) is 22.9. The van der Waals surface area contributed by atoms with Gasteiger partial charge in [0.2, 0.25) is 11.8 Å². The Morgan fingerprint density at radius 1 is 1.16 bits per heavy atom. The van der Waals surface area contributed by atoms with Crippen LogP contribution in [-0.4, -0.2) is 34.6 Å². The van der Waals surface area contributed by atoms with Crippen molar-refractivity contribution in [3.63, 3.8) is 0 Å². The van der Waals surface area contributed by atoms with Crippen molar-refractivity contribution in [3.8, 4) is 0 Å². The number of amides is 2. The van der Waals surface area contributed by atoms with Gasteiger partial charge in [-0.05, 0) is 43.4 Å². The highest BCUT2D eigenvalue weighted by molar-refractivity contribution is 7.99. The predicted molar refractivity (Wildman–Crippen MR) is 129 cm³/mol. The molecule has 1 aliphatic rings. The number of carbonyl (C=O) groups is 2. The van der Waals surface area contributed by atoms with Gasteiger partial charge in [0.15, 0.2) is 0 Å². The molecule has 0 spiro atoms. The Balaban J connectivity index is 1.71. The lowest BCUT2D eigenvalue weighted by Crippen LogP contribution is -2.51. The molecule has 0 aromatic heterocycles. The highest BCUT2D eigenvalue weighted by Crippen LogP contribution is 2.21. The lowest BCUT2D eigenvalue weighted by molar-refractivity contribution is -0.139. The van der Waals surface area contributed by atoms with Crippen LogP contribution >= 0.6 is 11.8 Å². The van der Waals surface area contributed by atoms with E-state index in [1.807, 2.05) is 38.1 Å². The molecule has 172 valence electrons. The molecule has 1 fully saturated rings. The van der Waals surface area contributed by atoms with Gasteiger partial charge in [-0.15, -0.1) is 11.8 Å². The monoisotopic (exact) mass is 456 g/mol. The van der Waals surface area contributed by atoms with Crippen LogP contribution in [0.2, 0.25) is 0 Å². The third kappa shape index (κ3) is 6.83. The summed E-state index contributed by atoms with van der Waals surface area (Å²) < 4.78 is 13.9. The van der Waals surface area contributed by atoms with Crippen molar-refractivity contribution in [2.75, 3.05) is 5.75 Å². The Morgan fingerprint density at radius 3 is 2.59 bits per heavy atom. The van der Waals surface area contributed by atoms with Crippen LogP contribution in [0.1, 0.15) is 55.7 Å². The molecule has 1 aliphatic carbocycles. The molecule has 1 N–H and O–H groups in total. The van der Waals surface area contributed by atoms with Crippen molar-refractivity contribution in [2.45, 2.75) is 70.3 Å². The van der Waals surface area contributed by atoms with Gasteiger partial charge in [-0.25, -0.2) is 4.39 Å². The van der Waals surface area contributed by atoms with Crippen molar-refractivity contribution in [1.82, 2.24) is 10.2 Å². The number of aryl methyl sites for hydroxylation is 1. The van der Waals surface area contributed by atoms with Crippen molar-refractivity contribution < 1.29 is 14.0 Å². The third-order valence-corrected chi connectivity index (χ3v) is 6.93. The minimum atomic E-state index is -0.516. The number of carbonyl (C=O) groups excluding carboxylic acids is 2. The predicted octanol–water partition coefficient (Wildman–Crippen LogP) is 5.23. The summed E-state index contributed by atoms with van der Waals surface area (Å²) in [6.45, 7) is 4.35. The minimum Gasteiger partial charge on any atom is -0.352 e. The molecule has 0 heterocycles. The van der Waals surface area contributed by atoms with E-state index < -0.39 is 6.04 Å². The smallest absolute Gasteiger partial charge is 0.243 e. The molecule has 0 radical (unpaired) electrons. The summed E-state index contributed by atoms with van der Waals surface area (Å²) in [6, 6.07) is 14.3. The van der Waals surface area contributed by atoms with E-state index in [0.717, 1.165) is 36.8 Å². The van der Waals surface area contributed by atoms with Crippen molar-refractivity contribution in [1.29, 1.82) is 0 Å². The van der Waals surface area contributed by atoms with Crippen molar-refractivity contribution in [3.05, 3.63) is 71.0 Å². The van der Waals surface area contributed by atoms with Crippen LogP contribution in [0.3, 0.4) is 0 Å². The molecule has 2 aromatic carbocycles. The van der Waals surface area contributed by atoms with Gasteiger partial charge in [-0.2, -0.15) is 0 Å². The fourth-order valence-corrected chi connectivity index (χ4v) is 5.14. The maximum Gasteiger partial charge on any atom is 0.243 e. The average Bonchev–Trinajstić information content (AvgIpc) is 3.28. The molecular formula is C26H33FN2O2S. The van der Waals surface area contributed by atoms with E-state index in [1.54, 1.807) is 23.1 Å². The largest absolute Gasteiger partial charge is 0.352 e. The fraction of sp³-hybridized carbons (Fsp3) is 0.462. The van der Waals surface area contributed by atoms with E-state index in [0.29, 0.717) is 24.3 Å². The molecular weight excluding hydrogens is 423 g/mol. The third-order valence-electron chi connectivity index (χ3n) is 5.96. The maximum absolute atomic E-state index is 13.9. The van der Waals surface area contributed by atoms with E-state index in [2.05, 4.69) is 5.32 Å². The second-order valence-corrected chi connectivity index (χ2v) is 9.49. The Labute approximate surface area is 195 Å². The molecule has 0 aliphatic heterocycles. The second-order valence-electron chi connectivity index (χ2n) is 8.51. The van der Waals surface area contributed by atoms with Crippen LogP contribution in [0, 0.1) is 12.7 Å². The summed E-state index contributed by atoms with van der Waals surface area (Å²) in [5.74, 6) is 0.196. The average molecular weight is 457 g/mol. The lowest BCUT2D eigenvalue weighted by atomic mass is 10.1. The Kier molecular flexibility index (Phi) is 9.15. The number of halogens is 1. The molecule has 0 saturated heterocycles. The van der Waals surface area contributed by atoms with Crippen molar-refractivity contribution >= 4 is 23.6 Å². The van der Waals surface area contributed by atoms with Gasteiger partial charge in [0.1, 0.15) is 11.9 Å². The second kappa shape index (κ2) is 12.0. The zero-order valence-electron chi connectivity index (χ0n) is 19.0. The van der Waals surface area contributed by atoms with Crippen LogP contribution in [0.4, 0.5) is 4.39 Å². The zero-order valence-corrected chi connectivity index (χ0v) is 19.8. The highest BCUT2D eigenvalue weighted by atomic mass is 32.2. The van der Waals surface area contributed by atoms with Gasteiger partial charge in [0.05, 0.1) is 5.75 Å². The van der Waals surface area contributed by atoms with Gasteiger partial charge >= 0.3 is 0 Å². The van der Waals surface area contributed by atoms with Crippen LogP contribution in [0.15, 0.2) is 48.5 Å². The van der Waals surface area contributed by atoms with E-state index in [-0.39, 0.29) is 29.4 Å². The first-order valence-electron chi connectivity index (χ1n) is 11.4. The summed E-state index contributed by atoms with van der Waals surface area (Å²) in [5.41, 5.74) is 2.71. The Hall–Kier alpha value is -2.34. The first kappa shape index (κ1) is 24.3. The Bertz CT molecular complexity index is 914. The van der Waals surface area contributed by atoms with Crippen LogP contribution in [0.25, 0.3) is 0 Å². The van der Waals surface area contributed by atoms with Crippen molar-refractivity contribution in [2.24, 2.45) is 0 Å². The summed E-state index contributed by atoms with van der Waals surface area (Å²) in [4.78, 5) is 28.1. The van der Waals surface area contributed by atoms with Gasteiger partial charge in [0.25, 0.3) is 0 Å². The Morgan fingerprint density at radius 2 is 1.91 bits per heavy atom. The van der Waals surface area contributed by atoms with Crippen LogP contribution in [0.5, 0.6) is 0 Å².